The van der Waals surface area contributed by atoms with Crippen LogP contribution in [-0.4, -0.2) is 29.2 Å². The molecule has 0 aliphatic carbocycles. The molecule has 0 atom stereocenters. The minimum atomic E-state index is -0.375. The zero-order valence-corrected chi connectivity index (χ0v) is 8.09. The molecule has 0 aromatic carbocycles. The molecule has 0 radical (unpaired) electrons. The van der Waals surface area contributed by atoms with E-state index >= 15 is 0 Å². The molecular formula is C7H9N3O2S. The molecule has 1 amide bonds. The number of rotatable bonds is 3. The fourth-order valence-electron chi connectivity index (χ4n) is 0.711. The number of carbonyl (C=O) groups is 1. The third-order valence-electron chi connectivity index (χ3n) is 1.24. The summed E-state index contributed by atoms with van der Waals surface area (Å²) in [5, 5.41) is 0.559. The Bertz CT molecular complexity index is 306. The maximum atomic E-state index is 11.2. The van der Waals surface area contributed by atoms with Crippen LogP contribution in [0.3, 0.4) is 0 Å². The molecule has 0 fully saturated rings. The van der Waals surface area contributed by atoms with E-state index in [1.165, 1.54) is 31.1 Å². The van der Waals surface area contributed by atoms with Gasteiger partial charge in [-0.3, -0.25) is 9.63 Å². The Morgan fingerprint density at radius 1 is 1.69 bits per heavy atom. The summed E-state index contributed by atoms with van der Waals surface area (Å²) >= 11 is 1.38. The number of aromatic nitrogens is 2. The van der Waals surface area contributed by atoms with Gasteiger partial charge in [-0.25, -0.2) is 15.4 Å². The summed E-state index contributed by atoms with van der Waals surface area (Å²) < 4.78 is 0. The predicted molar refractivity (Wildman–Crippen MR) is 48.3 cm³/mol. The van der Waals surface area contributed by atoms with E-state index in [4.69, 9.17) is 0 Å². The number of hydrogen-bond donors (Lipinski definition) is 1. The zero-order chi connectivity index (χ0) is 9.68. The van der Waals surface area contributed by atoms with Crippen LogP contribution in [0.2, 0.25) is 0 Å². The minimum Gasteiger partial charge on any atom is -0.277 e. The van der Waals surface area contributed by atoms with Crippen molar-refractivity contribution in [2.75, 3.05) is 13.4 Å². The van der Waals surface area contributed by atoms with Gasteiger partial charge in [0.15, 0.2) is 5.16 Å². The molecule has 0 bridgehead atoms. The Labute approximate surface area is 79.9 Å². The third-order valence-corrected chi connectivity index (χ3v) is 1.81. The first-order valence-corrected chi connectivity index (χ1v) is 4.70. The standard InChI is InChI=1S/C7H9N3O2S/c1-12-10-6(11)5-3-4-8-7(9-5)13-2/h3-4H,1-2H3,(H,10,11). The number of thioether (sulfide) groups is 1. The highest BCUT2D eigenvalue weighted by Gasteiger charge is 2.06. The van der Waals surface area contributed by atoms with E-state index in [0.717, 1.165) is 0 Å². The van der Waals surface area contributed by atoms with Gasteiger partial charge in [0, 0.05) is 6.20 Å². The van der Waals surface area contributed by atoms with Crippen molar-refractivity contribution in [1.82, 2.24) is 15.4 Å². The average Bonchev–Trinajstić information content (AvgIpc) is 2.18. The maximum Gasteiger partial charge on any atom is 0.293 e. The lowest BCUT2D eigenvalue weighted by atomic mass is 10.4. The van der Waals surface area contributed by atoms with Crippen LogP contribution in [0, 0.1) is 0 Å². The van der Waals surface area contributed by atoms with E-state index in [1.807, 2.05) is 6.26 Å². The molecule has 5 nitrogen and oxygen atoms in total. The molecule has 0 saturated heterocycles. The van der Waals surface area contributed by atoms with E-state index in [-0.39, 0.29) is 5.91 Å². The molecule has 1 N–H and O–H groups in total. The molecule has 6 heteroatoms. The van der Waals surface area contributed by atoms with Crippen LogP contribution in [0.25, 0.3) is 0 Å². The average molecular weight is 199 g/mol. The van der Waals surface area contributed by atoms with Gasteiger partial charge in [0.25, 0.3) is 5.91 Å². The van der Waals surface area contributed by atoms with Crippen molar-refractivity contribution in [3.05, 3.63) is 18.0 Å². The normalized spacial score (nSPS) is 9.69. The fraction of sp³-hybridized carbons (Fsp3) is 0.286. The van der Waals surface area contributed by atoms with E-state index < -0.39 is 0 Å². The van der Waals surface area contributed by atoms with Gasteiger partial charge >= 0.3 is 0 Å². The minimum absolute atomic E-state index is 0.293. The second kappa shape index (κ2) is 4.78. The third kappa shape index (κ3) is 2.67. The van der Waals surface area contributed by atoms with Crippen molar-refractivity contribution in [2.45, 2.75) is 5.16 Å². The van der Waals surface area contributed by atoms with Crippen LogP contribution < -0.4 is 5.48 Å². The van der Waals surface area contributed by atoms with Crippen LogP contribution in [0.15, 0.2) is 17.4 Å². The van der Waals surface area contributed by atoms with Gasteiger partial charge in [0.05, 0.1) is 7.11 Å². The first-order chi connectivity index (χ1) is 6.27. The number of nitrogens with zero attached hydrogens (tertiary/aromatic N) is 2. The Morgan fingerprint density at radius 2 is 2.46 bits per heavy atom. The summed E-state index contributed by atoms with van der Waals surface area (Å²) in [5.41, 5.74) is 2.47. The largest absolute Gasteiger partial charge is 0.293 e. The molecule has 1 heterocycles. The highest BCUT2D eigenvalue weighted by molar-refractivity contribution is 7.98. The summed E-state index contributed by atoms with van der Waals surface area (Å²) in [6, 6.07) is 1.52. The monoisotopic (exact) mass is 199 g/mol. The van der Waals surface area contributed by atoms with Crippen molar-refractivity contribution in [1.29, 1.82) is 0 Å². The Hall–Kier alpha value is -1.14. The Kier molecular flexibility index (Phi) is 3.66. The summed E-state index contributed by atoms with van der Waals surface area (Å²) in [4.78, 5) is 23.5. The molecular weight excluding hydrogens is 190 g/mol. The number of amides is 1. The molecule has 0 aliphatic rings. The zero-order valence-electron chi connectivity index (χ0n) is 7.27. The van der Waals surface area contributed by atoms with Crippen LogP contribution >= 0.6 is 11.8 Å². The lowest BCUT2D eigenvalue weighted by Gasteiger charge is -2.01. The van der Waals surface area contributed by atoms with Gasteiger partial charge in [0.2, 0.25) is 0 Å². The van der Waals surface area contributed by atoms with Crippen LogP contribution in [0.1, 0.15) is 10.5 Å². The summed E-state index contributed by atoms with van der Waals surface area (Å²) in [6.07, 6.45) is 3.37. The highest BCUT2D eigenvalue weighted by Crippen LogP contribution is 2.07. The van der Waals surface area contributed by atoms with Gasteiger partial charge in [-0.05, 0) is 12.3 Å². The summed E-state index contributed by atoms with van der Waals surface area (Å²) in [5.74, 6) is -0.375. The Balaban J connectivity index is 2.82. The van der Waals surface area contributed by atoms with Crippen LogP contribution in [0.4, 0.5) is 0 Å². The van der Waals surface area contributed by atoms with Crippen molar-refractivity contribution in [2.24, 2.45) is 0 Å². The quantitative estimate of drug-likeness (QED) is 0.436. The van der Waals surface area contributed by atoms with Gasteiger partial charge in [0.1, 0.15) is 5.69 Å². The lowest BCUT2D eigenvalue weighted by Crippen LogP contribution is -2.23. The first kappa shape index (κ1) is 9.94. The number of hydroxylamine groups is 1. The first-order valence-electron chi connectivity index (χ1n) is 3.48. The molecule has 1 rings (SSSR count). The molecule has 70 valence electrons. The van der Waals surface area contributed by atoms with Gasteiger partial charge < -0.3 is 0 Å². The fourth-order valence-corrected chi connectivity index (χ4v) is 1.07. The molecule has 0 unspecified atom stereocenters. The topological polar surface area (TPSA) is 64.1 Å². The second-order valence-corrected chi connectivity index (χ2v) is 2.84. The molecule has 13 heavy (non-hydrogen) atoms. The van der Waals surface area contributed by atoms with Gasteiger partial charge in [-0.2, -0.15) is 0 Å². The van der Waals surface area contributed by atoms with Gasteiger partial charge in [-0.15, -0.1) is 0 Å². The van der Waals surface area contributed by atoms with Crippen LogP contribution in [-0.2, 0) is 4.84 Å². The van der Waals surface area contributed by atoms with E-state index in [9.17, 15) is 4.79 Å². The predicted octanol–water partition coefficient (Wildman–Crippen LogP) is 0.490. The Morgan fingerprint density at radius 3 is 3.08 bits per heavy atom. The smallest absolute Gasteiger partial charge is 0.277 e. The molecule has 0 aliphatic heterocycles. The molecule has 0 spiro atoms. The number of nitrogens with one attached hydrogen (secondary N) is 1. The van der Waals surface area contributed by atoms with E-state index in [0.29, 0.717) is 10.9 Å². The van der Waals surface area contributed by atoms with Crippen molar-refractivity contribution in [3.63, 3.8) is 0 Å². The number of hydrogen-bond acceptors (Lipinski definition) is 5. The lowest BCUT2D eigenvalue weighted by molar-refractivity contribution is 0.0531. The van der Waals surface area contributed by atoms with Crippen molar-refractivity contribution < 1.29 is 9.63 Å². The van der Waals surface area contributed by atoms with E-state index in [2.05, 4.69) is 20.3 Å². The number of carbonyl (C=O) groups excluding carboxylic acids is 1. The molecule has 1 aromatic heterocycles. The SMILES string of the molecule is CONC(=O)c1ccnc(SC)n1. The maximum absolute atomic E-state index is 11.2. The second-order valence-electron chi connectivity index (χ2n) is 2.06. The highest BCUT2D eigenvalue weighted by atomic mass is 32.2. The van der Waals surface area contributed by atoms with Crippen molar-refractivity contribution >= 4 is 17.7 Å². The summed E-state index contributed by atoms with van der Waals surface area (Å²) in [6.45, 7) is 0. The van der Waals surface area contributed by atoms with Gasteiger partial charge in [-0.1, -0.05) is 11.8 Å². The van der Waals surface area contributed by atoms with Crippen LogP contribution in [0.5, 0.6) is 0 Å². The van der Waals surface area contributed by atoms with E-state index in [1.54, 1.807) is 0 Å². The molecule has 0 saturated carbocycles. The molecule has 1 aromatic rings. The van der Waals surface area contributed by atoms with Crippen molar-refractivity contribution in [3.8, 4) is 0 Å². The summed E-state index contributed by atoms with van der Waals surface area (Å²) in [7, 11) is 1.37.